The van der Waals surface area contributed by atoms with Gasteiger partial charge in [0.1, 0.15) is 0 Å². The van der Waals surface area contributed by atoms with Crippen LogP contribution in [0.1, 0.15) is 41.8 Å². The summed E-state index contributed by atoms with van der Waals surface area (Å²) in [6.07, 6.45) is 1.61. The van der Waals surface area contributed by atoms with Gasteiger partial charge in [-0.1, -0.05) is 41.9 Å². The first kappa shape index (κ1) is 22.0. The number of piperazine rings is 1. The monoisotopic (exact) mass is 414 g/mol. The highest BCUT2D eigenvalue weighted by atomic mass is 35.5. The molecule has 1 atom stereocenters. The van der Waals surface area contributed by atoms with E-state index in [0.717, 1.165) is 57.9 Å². The Balaban J connectivity index is 1.38. The predicted octanol–water partition coefficient (Wildman–Crippen LogP) is 4.70. The number of nitrogens with zero attached hydrogens (tertiary/aromatic N) is 2. The molecule has 0 aliphatic carbocycles. The molecule has 29 heavy (non-hydrogen) atoms. The van der Waals surface area contributed by atoms with Crippen LogP contribution >= 0.6 is 11.6 Å². The standard InChI is InChI=1S/C24H31ClN2O2/c1-2-29-24(21-7-4-3-5-8-21)19-27-17-15-26(16-18-27)14-6-9-23(28)20-10-12-22(25)13-11-20/h3-5,7-8,10-13,24H,2,6,9,14-19H2,1H3. The van der Waals surface area contributed by atoms with Crippen LogP contribution in [-0.2, 0) is 4.74 Å². The lowest BCUT2D eigenvalue weighted by molar-refractivity contribution is 0.0182. The van der Waals surface area contributed by atoms with E-state index in [1.807, 2.05) is 18.2 Å². The van der Waals surface area contributed by atoms with E-state index in [1.165, 1.54) is 5.56 Å². The van der Waals surface area contributed by atoms with Gasteiger partial charge >= 0.3 is 0 Å². The minimum Gasteiger partial charge on any atom is -0.372 e. The molecular weight excluding hydrogens is 384 g/mol. The van der Waals surface area contributed by atoms with Crippen molar-refractivity contribution in [3.05, 3.63) is 70.7 Å². The number of hydrogen-bond acceptors (Lipinski definition) is 4. The first-order valence-corrected chi connectivity index (χ1v) is 10.9. The van der Waals surface area contributed by atoms with E-state index in [1.54, 1.807) is 12.1 Å². The quantitative estimate of drug-likeness (QED) is 0.527. The lowest BCUT2D eigenvalue weighted by atomic mass is 10.1. The van der Waals surface area contributed by atoms with Gasteiger partial charge in [-0.15, -0.1) is 0 Å². The molecule has 1 saturated heterocycles. The van der Waals surface area contributed by atoms with Crippen molar-refractivity contribution in [3.63, 3.8) is 0 Å². The maximum atomic E-state index is 12.3. The van der Waals surface area contributed by atoms with Crippen molar-refractivity contribution in [2.24, 2.45) is 0 Å². The molecule has 0 amide bonds. The maximum absolute atomic E-state index is 12.3. The van der Waals surface area contributed by atoms with Crippen LogP contribution in [0.4, 0.5) is 0 Å². The summed E-state index contributed by atoms with van der Waals surface area (Å²) in [7, 11) is 0. The van der Waals surface area contributed by atoms with E-state index in [4.69, 9.17) is 16.3 Å². The Labute approximate surface area is 179 Å². The Morgan fingerprint density at radius 1 is 1.00 bits per heavy atom. The van der Waals surface area contributed by atoms with Gasteiger partial charge in [-0.3, -0.25) is 9.69 Å². The summed E-state index contributed by atoms with van der Waals surface area (Å²) < 4.78 is 6.00. The lowest BCUT2D eigenvalue weighted by Crippen LogP contribution is -2.47. The average Bonchev–Trinajstić information content (AvgIpc) is 2.75. The molecule has 2 aromatic carbocycles. The highest BCUT2D eigenvalue weighted by molar-refractivity contribution is 6.30. The van der Waals surface area contributed by atoms with E-state index >= 15 is 0 Å². The number of hydrogen-bond donors (Lipinski definition) is 0. The molecule has 1 aliphatic rings. The summed E-state index contributed by atoms with van der Waals surface area (Å²) in [6.45, 7) is 8.86. The second kappa shape index (κ2) is 11.5. The predicted molar refractivity (Wildman–Crippen MR) is 119 cm³/mol. The third kappa shape index (κ3) is 6.93. The van der Waals surface area contributed by atoms with Crippen molar-refractivity contribution < 1.29 is 9.53 Å². The molecule has 0 N–H and O–H groups in total. The fourth-order valence-electron chi connectivity index (χ4n) is 3.80. The molecular formula is C24H31ClN2O2. The molecule has 0 bridgehead atoms. The number of halogens is 1. The van der Waals surface area contributed by atoms with Crippen LogP contribution < -0.4 is 0 Å². The molecule has 5 heteroatoms. The fraction of sp³-hybridized carbons (Fsp3) is 0.458. The average molecular weight is 415 g/mol. The highest BCUT2D eigenvalue weighted by Gasteiger charge is 2.21. The molecule has 0 saturated carbocycles. The van der Waals surface area contributed by atoms with Crippen LogP contribution in [0.5, 0.6) is 0 Å². The Morgan fingerprint density at radius 2 is 1.66 bits per heavy atom. The lowest BCUT2D eigenvalue weighted by Gasteiger charge is -2.36. The summed E-state index contributed by atoms with van der Waals surface area (Å²) in [5, 5.41) is 0.665. The van der Waals surface area contributed by atoms with Crippen LogP contribution in [0.15, 0.2) is 54.6 Å². The molecule has 0 aromatic heterocycles. The molecule has 0 spiro atoms. The van der Waals surface area contributed by atoms with Gasteiger partial charge in [0.2, 0.25) is 0 Å². The van der Waals surface area contributed by atoms with Crippen LogP contribution in [0.3, 0.4) is 0 Å². The van der Waals surface area contributed by atoms with E-state index in [0.29, 0.717) is 11.4 Å². The minimum absolute atomic E-state index is 0.129. The van der Waals surface area contributed by atoms with Crippen molar-refractivity contribution in [2.45, 2.75) is 25.9 Å². The molecule has 2 aromatic rings. The van der Waals surface area contributed by atoms with Crippen LogP contribution in [0.25, 0.3) is 0 Å². The fourth-order valence-corrected chi connectivity index (χ4v) is 3.92. The maximum Gasteiger partial charge on any atom is 0.162 e. The molecule has 3 rings (SSSR count). The Morgan fingerprint density at radius 3 is 2.31 bits per heavy atom. The zero-order valence-corrected chi connectivity index (χ0v) is 18.0. The van der Waals surface area contributed by atoms with Crippen molar-refractivity contribution in [2.75, 3.05) is 45.9 Å². The zero-order valence-electron chi connectivity index (χ0n) is 17.2. The Hall–Kier alpha value is -1.72. The summed E-state index contributed by atoms with van der Waals surface area (Å²) in [5.74, 6) is 0.197. The van der Waals surface area contributed by atoms with E-state index in [-0.39, 0.29) is 11.9 Å². The van der Waals surface area contributed by atoms with Crippen molar-refractivity contribution in [1.29, 1.82) is 0 Å². The summed E-state index contributed by atoms with van der Waals surface area (Å²) >= 11 is 5.89. The number of benzene rings is 2. The van der Waals surface area contributed by atoms with Gasteiger partial charge in [0.15, 0.2) is 5.78 Å². The number of rotatable bonds is 10. The summed E-state index contributed by atoms with van der Waals surface area (Å²) in [5.41, 5.74) is 2.00. The number of ketones is 1. The minimum atomic E-state index is 0.129. The van der Waals surface area contributed by atoms with Gasteiger partial charge in [0.25, 0.3) is 0 Å². The SMILES string of the molecule is CCOC(CN1CCN(CCCC(=O)c2ccc(Cl)cc2)CC1)c1ccccc1. The first-order chi connectivity index (χ1) is 14.2. The summed E-state index contributed by atoms with van der Waals surface area (Å²) in [6, 6.07) is 17.7. The molecule has 1 heterocycles. The normalized spacial score (nSPS) is 16.6. The Kier molecular flexibility index (Phi) is 8.69. The van der Waals surface area contributed by atoms with Gasteiger partial charge in [-0.05, 0) is 49.7 Å². The van der Waals surface area contributed by atoms with E-state index < -0.39 is 0 Å². The van der Waals surface area contributed by atoms with Crippen molar-refractivity contribution >= 4 is 17.4 Å². The number of carbonyl (C=O) groups excluding carboxylic acids is 1. The van der Waals surface area contributed by atoms with Crippen molar-refractivity contribution in [3.8, 4) is 0 Å². The second-order valence-corrected chi connectivity index (χ2v) is 7.97. The largest absolute Gasteiger partial charge is 0.372 e. The third-order valence-corrected chi connectivity index (χ3v) is 5.72. The molecule has 0 radical (unpaired) electrons. The molecule has 1 fully saturated rings. The smallest absolute Gasteiger partial charge is 0.162 e. The van der Waals surface area contributed by atoms with Gasteiger partial charge < -0.3 is 9.64 Å². The van der Waals surface area contributed by atoms with Crippen LogP contribution in [-0.4, -0.2) is 61.5 Å². The number of ether oxygens (including phenoxy) is 1. The van der Waals surface area contributed by atoms with Gasteiger partial charge in [0.05, 0.1) is 6.10 Å². The topological polar surface area (TPSA) is 32.8 Å². The highest BCUT2D eigenvalue weighted by Crippen LogP contribution is 2.19. The Bertz CT molecular complexity index is 743. The van der Waals surface area contributed by atoms with E-state index in [9.17, 15) is 4.79 Å². The summed E-state index contributed by atoms with van der Waals surface area (Å²) in [4.78, 5) is 17.2. The van der Waals surface area contributed by atoms with Gasteiger partial charge in [0, 0.05) is 56.3 Å². The molecule has 4 nitrogen and oxygen atoms in total. The molecule has 1 unspecified atom stereocenters. The van der Waals surface area contributed by atoms with Gasteiger partial charge in [-0.25, -0.2) is 0 Å². The number of carbonyl (C=O) groups is 1. The third-order valence-electron chi connectivity index (χ3n) is 5.47. The van der Waals surface area contributed by atoms with Crippen LogP contribution in [0.2, 0.25) is 5.02 Å². The van der Waals surface area contributed by atoms with E-state index in [2.05, 4.69) is 41.0 Å². The van der Waals surface area contributed by atoms with Crippen molar-refractivity contribution in [1.82, 2.24) is 9.80 Å². The first-order valence-electron chi connectivity index (χ1n) is 10.6. The molecule has 1 aliphatic heterocycles. The van der Waals surface area contributed by atoms with Crippen LogP contribution in [0, 0.1) is 0 Å². The zero-order chi connectivity index (χ0) is 20.5. The number of Topliss-reactive ketones (excluding diaryl/α,β-unsaturated/α-hetero) is 1. The van der Waals surface area contributed by atoms with Gasteiger partial charge in [-0.2, -0.15) is 0 Å². The second-order valence-electron chi connectivity index (χ2n) is 7.53. The molecule has 156 valence electrons.